The number of hydrogen-bond donors (Lipinski definition) is 1. The van der Waals surface area contributed by atoms with Crippen molar-refractivity contribution in [1.29, 1.82) is 0 Å². The van der Waals surface area contributed by atoms with Crippen molar-refractivity contribution in [2.24, 2.45) is 12.8 Å². The molecule has 0 aliphatic rings. The molecule has 0 atom stereocenters. The number of hydrogen-bond acceptors (Lipinski definition) is 1. The molecule has 1 aromatic carbocycles. The molecule has 1 heterocycles. The zero-order valence-electron chi connectivity index (χ0n) is 8.83. The normalized spacial score (nSPS) is 11.1. The molecular weight excluding hydrogens is 208 g/mol. The van der Waals surface area contributed by atoms with Crippen LogP contribution in [0.2, 0.25) is 5.02 Å². The monoisotopic (exact) mass is 222 g/mol. The summed E-state index contributed by atoms with van der Waals surface area (Å²) in [7, 11) is 2.03. The fourth-order valence-corrected chi connectivity index (χ4v) is 2.30. The molecule has 0 fully saturated rings. The Morgan fingerprint density at radius 2 is 2.20 bits per heavy atom. The third-order valence-corrected chi connectivity index (χ3v) is 2.99. The van der Waals surface area contributed by atoms with Crippen molar-refractivity contribution in [1.82, 2.24) is 4.57 Å². The number of halogens is 1. The van der Waals surface area contributed by atoms with Crippen molar-refractivity contribution in [2.45, 2.75) is 12.8 Å². The van der Waals surface area contributed by atoms with Gasteiger partial charge in [-0.15, -0.1) is 0 Å². The Hall–Kier alpha value is -0.990. The van der Waals surface area contributed by atoms with E-state index in [4.69, 9.17) is 17.3 Å². The van der Waals surface area contributed by atoms with Crippen LogP contribution in [0, 0.1) is 0 Å². The lowest BCUT2D eigenvalue weighted by molar-refractivity contribution is 0.830. The standard InChI is InChI=1S/C12H15ClN2/c1-15-8-11(13)10-6-2-4-9(12(10)15)5-3-7-14/h2,4,6,8H,3,5,7,14H2,1H3. The molecule has 2 N–H and O–H groups in total. The van der Waals surface area contributed by atoms with E-state index in [2.05, 4.69) is 22.8 Å². The van der Waals surface area contributed by atoms with Crippen molar-refractivity contribution in [3.63, 3.8) is 0 Å². The lowest BCUT2D eigenvalue weighted by atomic mass is 10.1. The van der Waals surface area contributed by atoms with E-state index < -0.39 is 0 Å². The van der Waals surface area contributed by atoms with Crippen LogP contribution in [0.5, 0.6) is 0 Å². The molecule has 80 valence electrons. The van der Waals surface area contributed by atoms with Crippen molar-refractivity contribution < 1.29 is 0 Å². The van der Waals surface area contributed by atoms with Gasteiger partial charge in [-0.05, 0) is 24.9 Å². The lowest BCUT2D eigenvalue weighted by Crippen LogP contribution is -2.01. The van der Waals surface area contributed by atoms with Gasteiger partial charge in [-0.25, -0.2) is 0 Å². The van der Waals surface area contributed by atoms with Crippen LogP contribution < -0.4 is 5.73 Å². The molecule has 0 unspecified atom stereocenters. The van der Waals surface area contributed by atoms with E-state index in [1.807, 2.05) is 13.2 Å². The summed E-state index contributed by atoms with van der Waals surface area (Å²) in [5, 5.41) is 1.95. The second-order valence-corrected chi connectivity index (χ2v) is 4.20. The van der Waals surface area contributed by atoms with E-state index in [0.29, 0.717) is 0 Å². The predicted octanol–water partition coefficient (Wildman–Crippen LogP) is 2.72. The second kappa shape index (κ2) is 4.25. The Balaban J connectivity index is 2.54. The average Bonchev–Trinajstić information content (AvgIpc) is 2.53. The van der Waals surface area contributed by atoms with Crippen LogP contribution in [-0.4, -0.2) is 11.1 Å². The van der Waals surface area contributed by atoms with Gasteiger partial charge in [-0.2, -0.15) is 0 Å². The number of aryl methyl sites for hydroxylation is 2. The van der Waals surface area contributed by atoms with Gasteiger partial charge in [0.1, 0.15) is 0 Å². The van der Waals surface area contributed by atoms with Crippen LogP contribution in [0.3, 0.4) is 0 Å². The van der Waals surface area contributed by atoms with E-state index in [0.717, 1.165) is 29.8 Å². The quantitative estimate of drug-likeness (QED) is 0.851. The summed E-state index contributed by atoms with van der Waals surface area (Å²) in [4.78, 5) is 0. The number of rotatable bonds is 3. The van der Waals surface area contributed by atoms with Crippen molar-refractivity contribution in [3.05, 3.63) is 35.0 Å². The first-order valence-corrected chi connectivity index (χ1v) is 5.54. The summed E-state index contributed by atoms with van der Waals surface area (Å²) < 4.78 is 2.09. The van der Waals surface area contributed by atoms with Gasteiger partial charge in [0.2, 0.25) is 0 Å². The van der Waals surface area contributed by atoms with E-state index >= 15 is 0 Å². The zero-order valence-corrected chi connectivity index (χ0v) is 9.59. The maximum Gasteiger partial charge on any atom is 0.0661 e. The maximum atomic E-state index is 6.14. The molecule has 0 radical (unpaired) electrons. The summed E-state index contributed by atoms with van der Waals surface area (Å²) in [5.74, 6) is 0. The van der Waals surface area contributed by atoms with Crippen LogP contribution in [0.4, 0.5) is 0 Å². The topological polar surface area (TPSA) is 30.9 Å². The molecule has 2 aromatic rings. The molecule has 15 heavy (non-hydrogen) atoms. The molecule has 0 aliphatic heterocycles. The molecule has 0 spiro atoms. The Labute approximate surface area is 94.6 Å². The summed E-state index contributed by atoms with van der Waals surface area (Å²) in [6.07, 6.45) is 3.99. The minimum Gasteiger partial charge on any atom is -0.349 e. The van der Waals surface area contributed by atoms with Crippen LogP contribution >= 0.6 is 11.6 Å². The first-order valence-electron chi connectivity index (χ1n) is 5.16. The summed E-state index contributed by atoms with van der Waals surface area (Å²) >= 11 is 6.14. The third-order valence-electron chi connectivity index (χ3n) is 2.69. The molecule has 2 rings (SSSR count). The van der Waals surface area contributed by atoms with Gasteiger partial charge in [0, 0.05) is 18.6 Å². The first-order chi connectivity index (χ1) is 7.24. The van der Waals surface area contributed by atoms with Crippen molar-refractivity contribution in [2.75, 3.05) is 6.54 Å². The van der Waals surface area contributed by atoms with Gasteiger partial charge in [-0.3, -0.25) is 0 Å². The lowest BCUT2D eigenvalue weighted by Gasteiger charge is -2.05. The Kier molecular flexibility index (Phi) is 2.98. The van der Waals surface area contributed by atoms with Gasteiger partial charge < -0.3 is 10.3 Å². The summed E-state index contributed by atoms with van der Waals surface area (Å²) in [6, 6.07) is 6.26. The fourth-order valence-electron chi connectivity index (χ4n) is 2.00. The van der Waals surface area contributed by atoms with Gasteiger partial charge in [0.05, 0.1) is 10.5 Å². The number of benzene rings is 1. The van der Waals surface area contributed by atoms with E-state index in [9.17, 15) is 0 Å². The number of aromatic nitrogens is 1. The van der Waals surface area contributed by atoms with Gasteiger partial charge in [-0.1, -0.05) is 29.8 Å². The molecule has 2 nitrogen and oxygen atoms in total. The molecule has 0 saturated carbocycles. The molecule has 0 saturated heterocycles. The van der Waals surface area contributed by atoms with E-state index in [1.165, 1.54) is 11.1 Å². The number of fused-ring (bicyclic) bond motifs is 1. The third kappa shape index (κ3) is 1.87. The molecule has 0 bridgehead atoms. The minimum absolute atomic E-state index is 0.731. The Bertz CT molecular complexity index is 474. The second-order valence-electron chi connectivity index (χ2n) is 3.79. The summed E-state index contributed by atoms with van der Waals surface area (Å²) in [6.45, 7) is 0.731. The molecular formula is C12H15ClN2. The highest BCUT2D eigenvalue weighted by Crippen LogP contribution is 2.28. The SMILES string of the molecule is Cn1cc(Cl)c2cccc(CCCN)c21. The van der Waals surface area contributed by atoms with Gasteiger partial charge in [0.25, 0.3) is 0 Å². The Morgan fingerprint density at radius 3 is 2.93 bits per heavy atom. The minimum atomic E-state index is 0.731. The molecule has 3 heteroatoms. The largest absolute Gasteiger partial charge is 0.349 e. The van der Waals surface area contributed by atoms with E-state index in [1.54, 1.807) is 0 Å². The van der Waals surface area contributed by atoms with Crippen LogP contribution in [0.25, 0.3) is 10.9 Å². The predicted molar refractivity (Wildman–Crippen MR) is 65.3 cm³/mol. The number of nitrogens with zero attached hydrogens (tertiary/aromatic N) is 1. The smallest absolute Gasteiger partial charge is 0.0661 e. The van der Waals surface area contributed by atoms with Crippen LogP contribution in [0.15, 0.2) is 24.4 Å². The van der Waals surface area contributed by atoms with Crippen LogP contribution in [0.1, 0.15) is 12.0 Å². The maximum absolute atomic E-state index is 6.14. The Morgan fingerprint density at radius 1 is 1.40 bits per heavy atom. The molecule has 1 aromatic heterocycles. The van der Waals surface area contributed by atoms with Crippen molar-refractivity contribution in [3.8, 4) is 0 Å². The highest BCUT2D eigenvalue weighted by atomic mass is 35.5. The van der Waals surface area contributed by atoms with Crippen LogP contribution in [-0.2, 0) is 13.5 Å². The van der Waals surface area contributed by atoms with Gasteiger partial charge in [0.15, 0.2) is 0 Å². The fraction of sp³-hybridized carbons (Fsp3) is 0.333. The molecule has 0 amide bonds. The number of nitrogens with two attached hydrogens (primary N) is 1. The average molecular weight is 223 g/mol. The van der Waals surface area contributed by atoms with Crippen molar-refractivity contribution >= 4 is 22.5 Å². The first kappa shape index (κ1) is 10.5. The molecule has 0 aliphatic carbocycles. The van der Waals surface area contributed by atoms with Gasteiger partial charge >= 0.3 is 0 Å². The zero-order chi connectivity index (χ0) is 10.8. The van der Waals surface area contributed by atoms with E-state index in [-0.39, 0.29) is 0 Å². The summed E-state index contributed by atoms with van der Waals surface area (Å²) in [5.41, 5.74) is 8.09. The highest BCUT2D eigenvalue weighted by molar-refractivity contribution is 6.35. The highest BCUT2D eigenvalue weighted by Gasteiger charge is 2.07. The number of para-hydroxylation sites is 1.